The third-order valence-corrected chi connectivity index (χ3v) is 7.77. The molecule has 4 N–H and O–H groups in total. The fraction of sp³-hybridized carbons (Fsp3) is 0.226. The van der Waals surface area contributed by atoms with Gasteiger partial charge in [0.05, 0.1) is 34.8 Å². The summed E-state index contributed by atoms with van der Waals surface area (Å²) >= 11 is 0. The van der Waals surface area contributed by atoms with Crippen LogP contribution < -0.4 is 10.9 Å². The fourth-order valence-corrected chi connectivity index (χ4v) is 5.41. The molecule has 1 aliphatic rings. The summed E-state index contributed by atoms with van der Waals surface area (Å²) in [5, 5.41) is 36.4. The van der Waals surface area contributed by atoms with E-state index in [-0.39, 0.29) is 18.1 Å². The van der Waals surface area contributed by atoms with Crippen LogP contribution in [0.4, 0.5) is 5.69 Å². The molecule has 0 aliphatic carbocycles. The molecule has 10 heteroatoms. The van der Waals surface area contributed by atoms with Crippen molar-refractivity contribution in [3.63, 3.8) is 0 Å². The van der Waals surface area contributed by atoms with Crippen LogP contribution in [0.1, 0.15) is 36.1 Å². The molecule has 2 aromatic heterocycles. The van der Waals surface area contributed by atoms with Crippen LogP contribution in [0.5, 0.6) is 0 Å². The van der Waals surface area contributed by atoms with Crippen molar-refractivity contribution >= 4 is 22.5 Å². The number of aliphatic hydroxyl groups is 2. The lowest BCUT2D eigenvalue weighted by Gasteiger charge is -2.26. The van der Waals surface area contributed by atoms with Gasteiger partial charge in [0, 0.05) is 29.9 Å². The molecule has 1 unspecified atom stereocenters. The number of aryl methyl sites for hydroxylation is 1. The smallest absolute Gasteiger partial charge is 0.279 e. The Hall–Kier alpha value is -4.80. The van der Waals surface area contributed by atoms with E-state index in [4.69, 9.17) is 0 Å². The number of carbonyl (C=O) groups excluding carboxylic acids is 1. The topological polar surface area (TPSA) is 138 Å². The number of nitrogens with one attached hydrogen (secondary N) is 2. The number of allylic oxidation sites excluding steroid dienone is 1. The summed E-state index contributed by atoms with van der Waals surface area (Å²) < 4.78 is 3.13. The summed E-state index contributed by atoms with van der Waals surface area (Å²) in [4.78, 5) is 26.0. The van der Waals surface area contributed by atoms with Crippen molar-refractivity contribution < 1.29 is 15.0 Å². The van der Waals surface area contributed by atoms with Crippen molar-refractivity contribution in [1.82, 2.24) is 24.8 Å². The van der Waals surface area contributed by atoms with Gasteiger partial charge in [-0.05, 0) is 42.3 Å². The Morgan fingerprint density at radius 3 is 2.61 bits per heavy atom. The van der Waals surface area contributed by atoms with Crippen LogP contribution in [0.15, 0.2) is 95.9 Å². The average Bonchev–Trinajstić information content (AvgIpc) is 3.67. The molecule has 3 aromatic carbocycles. The number of anilines is 1. The number of fused-ring (bicyclic) bond motifs is 2. The van der Waals surface area contributed by atoms with E-state index in [1.54, 1.807) is 41.9 Å². The molecule has 10 nitrogen and oxygen atoms in total. The molecule has 0 fully saturated rings. The third kappa shape index (κ3) is 4.66. The van der Waals surface area contributed by atoms with Crippen LogP contribution in [-0.2, 0) is 16.9 Å². The molecule has 0 radical (unpaired) electrons. The molecule has 0 saturated carbocycles. The predicted molar refractivity (Wildman–Crippen MR) is 155 cm³/mol. The van der Waals surface area contributed by atoms with Gasteiger partial charge in [-0.2, -0.15) is 0 Å². The maximum Gasteiger partial charge on any atom is 0.279 e. The normalized spacial score (nSPS) is 18.1. The lowest BCUT2D eigenvalue weighted by atomic mass is 9.82. The second-order valence-electron chi connectivity index (χ2n) is 10.3. The number of carbonyl (C=O) groups is 1. The Morgan fingerprint density at radius 1 is 1.05 bits per heavy atom. The summed E-state index contributed by atoms with van der Waals surface area (Å²) in [6.07, 6.45) is 6.14. The molecule has 0 saturated heterocycles. The van der Waals surface area contributed by atoms with E-state index in [0.29, 0.717) is 46.5 Å². The Balaban J connectivity index is 1.17. The summed E-state index contributed by atoms with van der Waals surface area (Å²) in [5.41, 5.74) is 1.80. The van der Waals surface area contributed by atoms with E-state index in [1.165, 1.54) is 4.68 Å². The van der Waals surface area contributed by atoms with Crippen LogP contribution in [0.2, 0.25) is 0 Å². The van der Waals surface area contributed by atoms with E-state index in [0.717, 1.165) is 5.56 Å². The molecule has 1 amide bonds. The van der Waals surface area contributed by atoms with E-state index in [9.17, 15) is 19.8 Å². The quantitative estimate of drug-likeness (QED) is 0.208. The minimum Gasteiger partial charge on any atom is -0.395 e. The minimum absolute atomic E-state index is 0.0706. The highest BCUT2D eigenvalue weighted by Gasteiger charge is 2.48. The first-order valence-electron chi connectivity index (χ1n) is 13.5. The summed E-state index contributed by atoms with van der Waals surface area (Å²) in [5.74, 6) is -1.31. The van der Waals surface area contributed by atoms with Gasteiger partial charge in [0.2, 0.25) is 0 Å². The fourth-order valence-electron chi connectivity index (χ4n) is 5.41. The number of H-pyrrole nitrogens is 1. The van der Waals surface area contributed by atoms with Gasteiger partial charge in [-0.3, -0.25) is 19.4 Å². The molecule has 6 rings (SSSR count). The third-order valence-electron chi connectivity index (χ3n) is 7.77. The molecular formula is C31H30N6O4. The van der Waals surface area contributed by atoms with Gasteiger partial charge in [0.15, 0.2) is 5.60 Å². The number of hydrogen-bond donors (Lipinski definition) is 4. The number of benzene rings is 3. The van der Waals surface area contributed by atoms with Gasteiger partial charge >= 0.3 is 0 Å². The lowest BCUT2D eigenvalue weighted by molar-refractivity contribution is -0.137. The number of amides is 1. The van der Waals surface area contributed by atoms with Crippen molar-refractivity contribution in [2.75, 3.05) is 11.9 Å². The maximum absolute atomic E-state index is 13.0. The van der Waals surface area contributed by atoms with Crippen LogP contribution in [0.3, 0.4) is 0 Å². The van der Waals surface area contributed by atoms with E-state index < -0.39 is 17.4 Å². The Morgan fingerprint density at radius 2 is 1.83 bits per heavy atom. The number of aromatic amines is 1. The number of nitrogens with zero attached hydrogens (tertiary/aromatic N) is 4. The summed E-state index contributed by atoms with van der Waals surface area (Å²) in [6.45, 7) is 2.25. The number of aromatic nitrogens is 5. The van der Waals surface area contributed by atoms with Crippen molar-refractivity contribution in [2.45, 2.75) is 31.4 Å². The summed E-state index contributed by atoms with van der Waals surface area (Å²) in [7, 11) is 0. The van der Waals surface area contributed by atoms with Crippen LogP contribution >= 0.6 is 0 Å². The first kappa shape index (κ1) is 26.4. The molecule has 5 aromatic rings. The highest BCUT2D eigenvalue weighted by atomic mass is 16.3. The summed E-state index contributed by atoms with van der Waals surface area (Å²) in [6, 6.07) is 22.0. The molecule has 0 spiro atoms. The first-order valence-corrected chi connectivity index (χ1v) is 13.5. The van der Waals surface area contributed by atoms with Gasteiger partial charge in [0.1, 0.15) is 0 Å². The molecule has 3 atom stereocenters. The van der Waals surface area contributed by atoms with Gasteiger partial charge in [0.25, 0.3) is 11.5 Å². The zero-order chi connectivity index (χ0) is 28.6. The molecule has 41 heavy (non-hydrogen) atoms. The van der Waals surface area contributed by atoms with Crippen molar-refractivity contribution in [3.05, 3.63) is 118 Å². The number of rotatable bonds is 9. The second-order valence-corrected chi connectivity index (χ2v) is 10.3. The Labute approximate surface area is 235 Å². The maximum atomic E-state index is 13.0. The molecule has 3 heterocycles. The SMILES string of the molecule is C[C@H](/C=C/CCn1cc(C(CO)c2ccccc2)nn1)[C@@]1(O)C(=O)Nc2ccc(-n3[nH]c4ccccc4c3=O)cc21. The second kappa shape index (κ2) is 10.6. The minimum atomic E-state index is -1.80. The average molecular weight is 551 g/mol. The largest absolute Gasteiger partial charge is 0.395 e. The molecule has 1 aliphatic heterocycles. The Kier molecular flexibility index (Phi) is 6.86. The standard InChI is InChI=1S/C31H30N6O4/c1-20(9-7-8-16-36-18-28(33-35-36)24(19-38)21-10-3-2-4-11-21)31(41)25-17-22(14-15-27(25)32-30(31)40)37-29(39)23-12-5-6-13-26(23)34-37/h2-7,9-15,17-18,20,24,34,38,41H,8,16,19H2,1H3,(H,32,40)/b9-7+/t20-,24?,31+/m1/s1. The number of para-hydroxylation sites is 1. The van der Waals surface area contributed by atoms with Gasteiger partial charge in [-0.15, -0.1) is 5.10 Å². The van der Waals surface area contributed by atoms with Crippen molar-refractivity contribution in [1.29, 1.82) is 0 Å². The zero-order valence-corrected chi connectivity index (χ0v) is 22.4. The first-order chi connectivity index (χ1) is 19.9. The number of hydrogen-bond acceptors (Lipinski definition) is 6. The number of aliphatic hydroxyl groups excluding tert-OH is 1. The zero-order valence-electron chi connectivity index (χ0n) is 22.4. The van der Waals surface area contributed by atoms with Gasteiger partial charge in [-0.1, -0.05) is 66.8 Å². The molecular weight excluding hydrogens is 520 g/mol. The Bertz CT molecular complexity index is 1800. The molecule has 0 bridgehead atoms. The van der Waals surface area contributed by atoms with Crippen LogP contribution in [0.25, 0.3) is 16.6 Å². The lowest BCUT2D eigenvalue weighted by Crippen LogP contribution is -2.39. The van der Waals surface area contributed by atoms with Gasteiger partial charge < -0.3 is 15.5 Å². The van der Waals surface area contributed by atoms with Crippen LogP contribution in [-0.4, -0.2) is 47.5 Å². The monoisotopic (exact) mass is 550 g/mol. The predicted octanol–water partition coefficient (Wildman–Crippen LogP) is 3.46. The highest BCUT2D eigenvalue weighted by Crippen LogP contribution is 2.42. The van der Waals surface area contributed by atoms with Crippen molar-refractivity contribution in [3.8, 4) is 5.69 Å². The van der Waals surface area contributed by atoms with E-state index >= 15 is 0 Å². The van der Waals surface area contributed by atoms with Crippen molar-refractivity contribution in [2.24, 2.45) is 5.92 Å². The van der Waals surface area contributed by atoms with Gasteiger partial charge in [-0.25, -0.2) is 4.68 Å². The molecule has 208 valence electrons. The van der Waals surface area contributed by atoms with E-state index in [2.05, 4.69) is 20.7 Å². The highest BCUT2D eigenvalue weighted by molar-refractivity contribution is 6.05. The van der Waals surface area contributed by atoms with Crippen LogP contribution in [0, 0.1) is 5.92 Å². The van der Waals surface area contributed by atoms with E-state index in [1.807, 2.05) is 60.8 Å².